The largest absolute Gasteiger partial charge is 0.382 e. The van der Waals surface area contributed by atoms with Crippen LogP contribution in [0.15, 0.2) is 36.7 Å². The normalized spacial score (nSPS) is 15.2. The monoisotopic (exact) mass is 595 g/mol. The number of amides is 1. The average molecular weight is 596 g/mol. The lowest BCUT2D eigenvalue weighted by Crippen LogP contribution is -2.43. The Labute approximate surface area is 253 Å². The molecule has 0 spiro atoms. The summed E-state index contributed by atoms with van der Waals surface area (Å²) in [6.45, 7) is 12.9. The molecule has 0 radical (unpaired) electrons. The Bertz CT molecular complexity index is 1490. The van der Waals surface area contributed by atoms with Gasteiger partial charge in [0.05, 0.1) is 48.1 Å². The van der Waals surface area contributed by atoms with Crippen LogP contribution in [0.25, 0.3) is 11.2 Å². The van der Waals surface area contributed by atoms with Crippen molar-refractivity contribution in [1.82, 2.24) is 24.3 Å². The molecule has 234 valence electrons. The maximum absolute atomic E-state index is 14.6. The van der Waals surface area contributed by atoms with Gasteiger partial charge in [0.2, 0.25) is 0 Å². The number of anilines is 2. The number of pyridine rings is 2. The van der Waals surface area contributed by atoms with Gasteiger partial charge in [-0.05, 0) is 50.8 Å². The first-order valence-corrected chi connectivity index (χ1v) is 15.5. The molecule has 2 fully saturated rings. The Morgan fingerprint density at radius 1 is 1.02 bits per heavy atom. The van der Waals surface area contributed by atoms with Crippen molar-refractivity contribution in [3.05, 3.63) is 59.6 Å². The van der Waals surface area contributed by atoms with E-state index >= 15 is 0 Å². The molecule has 0 aromatic carbocycles. The molecule has 4 aromatic rings. The number of halogens is 1. The second-order valence-corrected chi connectivity index (χ2v) is 10.4. The lowest BCUT2D eigenvalue weighted by molar-refractivity contribution is 0.0601. The summed E-state index contributed by atoms with van der Waals surface area (Å²) >= 11 is 0. The number of nitrogens with one attached hydrogen (secondary N) is 2. The maximum atomic E-state index is 14.6. The number of aromatic nitrogens is 4. The molecule has 0 atom stereocenters. The van der Waals surface area contributed by atoms with Gasteiger partial charge in [0.1, 0.15) is 5.69 Å². The summed E-state index contributed by atoms with van der Waals surface area (Å²) in [7, 11) is 1.63. The van der Waals surface area contributed by atoms with Crippen LogP contribution in [-0.2, 0) is 16.1 Å². The zero-order valence-electron chi connectivity index (χ0n) is 26.3. The van der Waals surface area contributed by atoms with Crippen LogP contribution in [0.2, 0.25) is 0 Å². The smallest absolute Gasteiger partial charge is 0.274 e. The minimum Gasteiger partial charge on any atom is -0.382 e. The van der Waals surface area contributed by atoms with Crippen LogP contribution in [-0.4, -0.2) is 70.4 Å². The molecule has 2 N–H and O–H groups in total. The van der Waals surface area contributed by atoms with Gasteiger partial charge in [-0.25, -0.2) is 13.9 Å². The van der Waals surface area contributed by atoms with Crippen LogP contribution >= 0.6 is 0 Å². The van der Waals surface area contributed by atoms with Crippen LogP contribution in [0.5, 0.6) is 0 Å². The van der Waals surface area contributed by atoms with E-state index in [1.807, 2.05) is 39.8 Å². The van der Waals surface area contributed by atoms with Crippen LogP contribution < -0.4 is 15.5 Å². The number of nitrogens with zero attached hydrogens (tertiary/aromatic N) is 5. The molecule has 6 rings (SSSR count). The van der Waals surface area contributed by atoms with E-state index in [-0.39, 0.29) is 11.6 Å². The minimum absolute atomic E-state index is 0.221. The molecule has 2 aliphatic rings. The van der Waals surface area contributed by atoms with E-state index in [1.54, 1.807) is 41.4 Å². The number of imidazole rings is 1. The van der Waals surface area contributed by atoms with Crippen molar-refractivity contribution < 1.29 is 18.7 Å². The van der Waals surface area contributed by atoms with Gasteiger partial charge in [0, 0.05) is 50.7 Å². The van der Waals surface area contributed by atoms with E-state index in [2.05, 4.69) is 20.5 Å². The molecule has 5 heterocycles. The molecular weight excluding hydrogens is 549 g/mol. The number of carbonyl (C=O) groups excluding carboxylic acids is 1. The van der Waals surface area contributed by atoms with E-state index in [1.165, 1.54) is 18.9 Å². The van der Waals surface area contributed by atoms with Crippen LogP contribution in [0, 0.1) is 12.7 Å². The summed E-state index contributed by atoms with van der Waals surface area (Å²) in [6, 6.07) is 8.29. The van der Waals surface area contributed by atoms with Crippen LogP contribution in [0.1, 0.15) is 75.3 Å². The van der Waals surface area contributed by atoms with Gasteiger partial charge < -0.3 is 29.4 Å². The number of rotatable bonds is 10. The highest BCUT2D eigenvalue weighted by Gasteiger charge is 2.28. The number of ether oxygens (including phenoxy) is 2. The summed E-state index contributed by atoms with van der Waals surface area (Å²) in [5.74, 6) is -0.889. The zero-order valence-corrected chi connectivity index (χ0v) is 26.3. The van der Waals surface area contributed by atoms with Crippen LogP contribution in [0.3, 0.4) is 0 Å². The third-order valence-electron chi connectivity index (χ3n) is 7.33. The van der Waals surface area contributed by atoms with E-state index in [0.29, 0.717) is 49.0 Å². The van der Waals surface area contributed by atoms with E-state index in [0.717, 1.165) is 42.8 Å². The van der Waals surface area contributed by atoms with Crippen molar-refractivity contribution >= 4 is 28.4 Å². The summed E-state index contributed by atoms with van der Waals surface area (Å²) in [4.78, 5) is 20.0. The van der Waals surface area contributed by atoms with Gasteiger partial charge >= 0.3 is 0 Å². The number of hydrogen-bond acceptors (Lipinski definition) is 7. The molecule has 1 saturated heterocycles. The highest BCUT2D eigenvalue weighted by atomic mass is 19.1. The van der Waals surface area contributed by atoms with Gasteiger partial charge in [-0.15, -0.1) is 0 Å². The topological polar surface area (TPSA) is 97.4 Å². The lowest BCUT2D eigenvalue weighted by Gasteiger charge is -2.34. The highest BCUT2D eigenvalue weighted by Crippen LogP contribution is 2.29. The number of aryl methyl sites for hydroxylation is 1. The Morgan fingerprint density at radius 3 is 2.44 bits per heavy atom. The molecule has 4 aromatic heterocycles. The third-order valence-corrected chi connectivity index (χ3v) is 7.33. The SMILES string of the molecule is CC.CC.COCCOCc1cc2c(N3CCC(NC4CC4)CC3)ccc(C(=O)Nc3cc(F)c4nc(C)cn4c3)n2n1. The predicted octanol–water partition coefficient (Wildman–Crippen LogP) is 5.62. The van der Waals surface area contributed by atoms with E-state index < -0.39 is 5.82 Å². The number of piperidine rings is 1. The van der Waals surface area contributed by atoms with Crippen molar-refractivity contribution in [2.75, 3.05) is 43.6 Å². The molecule has 0 unspecified atom stereocenters. The summed E-state index contributed by atoms with van der Waals surface area (Å²) in [6.07, 6.45) is 8.10. The van der Waals surface area contributed by atoms with Gasteiger partial charge in [0.25, 0.3) is 5.91 Å². The summed E-state index contributed by atoms with van der Waals surface area (Å²) in [5.41, 5.74) is 4.20. The predicted molar refractivity (Wildman–Crippen MR) is 169 cm³/mol. The fourth-order valence-electron chi connectivity index (χ4n) is 5.25. The van der Waals surface area contributed by atoms with Gasteiger partial charge in [0.15, 0.2) is 11.5 Å². The maximum Gasteiger partial charge on any atom is 0.274 e. The number of fused-ring (bicyclic) bond motifs is 2. The first-order chi connectivity index (χ1) is 21.0. The Kier molecular flexibility index (Phi) is 11.5. The first-order valence-electron chi connectivity index (χ1n) is 15.5. The zero-order chi connectivity index (χ0) is 30.9. The molecule has 0 bridgehead atoms. The standard InChI is InChI=1S/C28H34FN7O3.2C2H6/c1-18-15-35-16-21(13-23(29)27(35)30-18)32-28(37)25-6-5-24(34-9-7-20(8-10-34)31-19-3-4-19)26-14-22(33-36(25)26)17-39-12-11-38-2;2*1-2/h5-6,13-16,19-20,31H,3-4,7-12,17H2,1-2H3,(H,32,37);2*1-2H3. The molecule has 1 aliphatic heterocycles. The van der Waals surface area contributed by atoms with Gasteiger partial charge in [-0.3, -0.25) is 4.79 Å². The molecule has 43 heavy (non-hydrogen) atoms. The first kappa shape index (κ1) is 32.4. The second kappa shape index (κ2) is 15.3. The fourth-order valence-corrected chi connectivity index (χ4v) is 5.25. The summed E-state index contributed by atoms with van der Waals surface area (Å²) < 4.78 is 28.6. The van der Waals surface area contributed by atoms with Crippen molar-refractivity contribution in [1.29, 1.82) is 0 Å². The Hall–Kier alpha value is -3.54. The third kappa shape index (κ3) is 7.90. The molecule has 10 nitrogen and oxygen atoms in total. The summed E-state index contributed by atoms with van der Waals surface area (Å²) in [5, 5.41) is 11.3. The van der Waals surface area contributed by atoms with Crippen molar-refractivity contribution in [2.45, 2.75) is 79.0 Å². The Morgan fingerprint density at radius 2 is 1.74 bits per heavy atom. The van der Waals surface area contributed by atoms with Crippen molar-refractivity contribution in [3.63, 3.8) is 0 Å². The second-order valence-electron chi connectivity index (χ2n) is 10.4. The number of hydrogen-bond donors (Lipinski definition) is 2. The molecule has 1 aliphatic carbocycles. The van der Waals surface area contributed by atoms with Crippen molar-refractivity contribution in [3.8, 4) is 0 Å². The lowest BCUT2D eigenvalue weighted by atomic mass is 10.0. The molecule has 1 amide bonds. The van der Waals surface area contributed by atoms with Crippen LogP contribution in [0.4, 0.5) is 15.8 Å². The molecule has 1 saturated carbocycles. The quantitative estimate of drug-likeness (QED) is 0.230. The van der Waals surface area contributed by atoms with E-state index in [9.17, 15) is 9.18 Å². The molecular formula is C32H46FN7O3. The highest BCUT2D eigenvalue weighted by molar-refractivity contribution is 6.04. The fraction of sp³-hybridized carbons (Fsp3) is 0.531. The van der Waals surface area contributed by atoms with Crippen molar-refractivity contribution in [2.24, 2.45) is 0 Å². The molecule has 11 heteroatoms. The average Bonchev–Trinajstić information content (AvgIpc) is 3.59. The van der Waals surface area contributed by atoms with Gasteiger partial charge in [-0.1, -0.05) is 27.7 Å². The van der Waals surface area contributed by atoms with Gasteiger partial charge in [-0.2, -0.15) is 5.10 Å². The van der Waals surface area contributed by atoms with E-state index in [4.69, 9.17) is 14.6 Å². The Balaban J connectivity index is 0.00000102. The number of carbonyl (C=O) groups is 1. The number of methoxy groups -OCH3 is 1. The minimum atomic E-state index is -0.504.